The van der Waals surface area contributed by atoms with E-state index in [1.807, 2.05) is 6.07 Å². The molecule has 1 aromatic heterocycles. The highest BCUT2D eigenvalue weighted by atomic mass is 32.2. The average molecular weight is 209 g/mol. The predicted octanol–water partition coefficient (Wildman–Crippen LogP) is 3.51. The summed E-state index contributed by atoms with van der Waals surface area (Å²) in [5, 5.41) is 2.16. The normalized spacial score (nSPS) is 10.9. The highest BCUT2D eigenvalue weighted by molar-refractivity contribution is 7.98. The Labute approximate surface area is 85.9 Å². The van der Waals surface area contributed by atoms with Gasteiger partial charge in [0.05, 0.1) is 5.00 Å². The molecule has 0 aliphatic carbocycles. The molecule has 1 nitrogen and oxygen atoms in total. The molecule has 0 saturated carbocycles. The van der Waals surface area contributed by atoms with Crippen molar-refractivity contribution in [2.45, 2.75) is 11.8 Å². The van der Waals surface area contributed by atoms with Crippen molar-refractivity contribution in [1.82, 2.24) is 0 Å². The van der Waals surface area contributed by atoms with Gasteiger partial charge in [-0.15, -0.1) is 23.1 Å². The lowest BCUT2D eigenvalue weighted by molar-refractivity contribution is 1.34. The molecule has 2 aromatic rings. The lowest BCUT2D eigenvalue weighted by atomic mass is 10.2. The highest BCUT2D eigenvalue weighted by Crippen LogP contribution is 2.32. The summed E-state index contributed by atoms with van der Waals surface area (Å²) in [6.07, 6.45) is 2.10. The van der Waals surface area contributed by atoms with E-state index in [2.05, 4.69) is 25.3 Å². The molecule has 2 N–H and O–H groups in total. The molecular weight excluding hydrogens is 198 g/mol. The van der Waals surface area contributed by atoms with Crippen molar-refractivity contribution in [3.63, 3.8) is 0 Å². The van der Waals surface area contributed by atoms with Crippen LogP contribution < -0.4 is 5.73 Å². The van der Waals surface area contributed by atoms with Gasteiger partial charge in [-0.05, 0) is 42.3 Å². The zero-order valence-corrected chi connectivity index (χ0v) is 9.26. The molecule has 0 amide bonds. The molecule has 0 aliphatic heterocycles. The fourth-order valence-corrected chi connectivity index (χ4v) is 2.97. The van der Waals surface area contributed by atoms with E-state index in [-0.39, 0.29) is 0 Å². The third kappa shape index (κ3) is 1.54. The molecule has 0 saturated heterocycles. The van der Waals surface area contributed by atoms with E-state index in [0.29, 0.717) is 0 Å². The monoisotopic (exact) mass is 209 g/mol. The first-order valence-electron chi connectivity index (χ1n) is 4.04. The number of rotatable bonds is 1. The minimum absolute atomic E-state index is 0.896. The van der Waals surface area contributed by atoms with Gasteiger partial charge in [0, 0.05) is 9.60 Å². The summed E-state index contributed by atoms with van der Waals surface area (Å²) >= 11 is 3.44. The lowest BCUT2D eigenvalue weighted by Gasteiger charge is -2.01. The standard InChI is InChI=1S/C10H11NS2/c1-6-3-7-4-10(11)13-9(7)5-8(6)12-2/h3-5H,11H2,1-2H3. The second kappa shape index (κ2) is 3.24. The first-order chi connectivity index (χ1) is 6.20. The molecule has 0 aliphatic rings. The van der Waals surface area contributed by atoms with Crippen LogP contribution in [0.2, 0.25) is 0 Å². The maximum Gasteiger partial charge on any atom is 0.0868 e. The largest absolute Gasteiger partial charge is 0.391 e. The summed E-state index contributed by atoms with van der Waals surface area (Å²) in [5.74, 6) is 0. The fourth-order valence-electron chi connectivity index (χ4n) is 1.42. The van der Waals surface area contributed by atoms with Crippen LogP contribution in [0.15, 0.2) is 23.1 Å². The van der Waals surface area contributed by atoms with Crippen molar-refractivity contribution >= 4 is 38.2 Å². The minimum atomic E-state index is 0.896. The first-order valence-corrected chi connectivity index (χ1v) is 6.08. The summed E-state index contributed by atoms with van der Waals surface area (Å²) in [7, 11) is 0. The number of thiophene rings is 1. The molecule has 1 heterocycles. The Bertz CT molecular complexity index is 445. The molecule has 0 atom stereocenters. The average Bonchev–Trinajstić information content (AvgIpc) is 2.42. The summed E-state index contributed by atoms with van der Waals surface area (Å²) in [6.45, 7) is 2.14. The van der Waals surface area contributed by atoms with Crippen molar-refractivity contribution in [2.24, 2.45) is 0 Å². The molecular formula is C10H11NS2. The Morgan fingerprint density at radius 1 is 1.31 bits per heavy atom. The van der Waals surface area contributed by atoms with Crippen LogP contribution in [0, 0.1) is 6.92 Å². The molecule has 0 radical (unpaired) electrons. The number of aryl methyl sites for hydroxylation is 1. The SMILES string of the molecule is CSc1cc2sc(N)cc2cc1C. The highest BCUT2D eigenvalue weighted by Gasteiger charge is 2.03. The van der Waals surface area contributed by atoms with Crippen molar-refractivity contribution in [3.05, 3.63) is 23.8 Å². The van der Waals surface area contributed by atoms with E-state index in [1.54, 1.807) is 23.1 Å². The topological polar surface area (TPSA) is 26.0 Å². The van der Waals surface area contributed by atoms with Crippen LogP contribution in [0.4, 0.5) is 5.00 Å². The van der Waals surface area contributed by atoms with Gasteiger partial charge in [-0.2, -0.15) is 0 Å². The molecule has 0 spiro atoms. The molecule has 0 unspecified atom stereocenters. The molecule has 0 bridgehead atoms. The van der Waals surface area contributed by atoms with Gasteiger partial charge in [0.1, 0.15) is 0 Å². The Balaban J connectivity index is 2.72. The Morgan fingerprint density at radius 3 is 2.77 bits per heavy atom. The van der Waals surface area contributed by atoms with Gasteiger partial charge in [0.25, 0.3) is 0 Å². The van der Waals surface area contributed by atoms with E-state index < -0.39 is 0 Å². The summed E-state index contributed by atoms with van der Waals surface area (Å²) in [5.41, 5.74) is 7.08. The zero-order valence-electron chi connectivity index (χ0n) is 7.63. The van der Waals surface area contributed by atoms with E-state index in [1.165, 1.54) is 20.5 Å². The number of hydrogen-bond acceptors (Lipinski definition) is 3. The molecule has 3 heteroatoms. The third-order valence-corrected chi connectivity index (χ3v) is 3.86. The van der Waals surface area contributed by atoms with E-state index in [4.69, 9.17) is 5.73 Å². The van der Waals surface area contributed by atoms with Crippen LogP contribution >= 0.6 is 23.1 Å². The quantitative estimate of drug-likeness (QED) is 0.727. The van der Waals surface area contributed by atoms with Crippen LogP contribution in [0.25, 0.3) is 10.1 Å². The molecule has 0 fully saturated rings. The number of hydrogen-bond donors (Lipinski definition) is 1. The maximum atomic E-state index is 5.74. The number of benzene rings is 1. The van der Waals surface area contributed by atoms with Gasteiger partial charge in [-0.1, -0.05) is 0 Å². The molecule has 2 rings (SSSR count). The van der Waals surface area contributed by atoms with Crippen molar-refractivity contribution in [1.29, 1.82) is 0 Å². The number of nitrogens with two attached hydrogens (primary N) is 1. The number of thioether (sulfide) groups is 1. The number of fused-ring (bicyclic) bond motifs is 1. The van der Waals surface area contributed by atoms with Crippen molar-refractivity contribution < 1.29 is 0 Å². The van der Waals surface area contributed by atoms with Crippen LogP contribution in [-0.2, 0) is 0 Å². The van der Waals surface area contributed by atoms with Gasteiger partial charge in [0.15, 0.2) is 0 Å². The van der Waals surface area contributed by atoms with Gasteiger partial charge >= 0.3 is 0 Å². The Kier molecular flexibility index (Phi) is 2.22. The second-order valence-electron chi connectivity index (χ2n) is 3.01. The number of anilines is 1. The lowest BCUT2D eigenvalue weighted by Crippen LogP contribution is -1.76. The molecule has 13 heavy (non-hydrogen) atoms. The maximum absolute atomic E-state index is 5.74. The summed E-state index contributed by atoms with van der Waals surface area (Å²) in [4.78, 5) is 1.34. The fraction of sp³-hybridized carbons (Fsp3) is 0.200. The third-order valence-electron chi connectivity index (χ3n) is 2.05. The van der Waals surface area contributed by atoms with E-state index >= 15 is 0 Å². The van der Waals surface area contributed by atoms with Gasteiger partial charge < -0.3 is 5.73 Å². The van der Waals surface area contributed by atoms with E-state index in [0.717, 1.165) is 5.00 Å². The smallest absolute Gasteiger partial charge is 0.0868 e. The number of nitrogen functional groups attached to an aromatic ring is 1. The van der Waals surface area contributed by atoms with E-state index in [9.17, 15) is 0 Å². The summed E-state index contributed by atoms with van der Waals surface area (Å²) < 4.78 is 1.28. The molecule has 68 valence electrons. The van der Waals surface area contributed by atoms with Crippen molar-refractivity contribution in [2.75, 3.05) is 12.0 Å². The van der Waals surface area contributed by atoms with Crippen molar-refractivity contribution in [3.8, 4) is 0 Å². The Morgan fingerprint density at radius 2 is 2.08 bits per heavy atom. The Hall–Kier alpha value is -0.670. The summed E-state index contributed by atoms with van der Waals surface area (Å²) in [6, 6.07) is 6.46. The van der Waals surface area contributed by atoms with Crippen LogP contribution in [-0.4, -0.2) is 6.26 Å². The zero-order chi connectivity index (χ0) is 9.42. The van der Waals surface area contributed by atoms with Crippen LogP contribution in [0.5, 0.6) is 0 Å². The van der Waals surface area contributed by atoms with Crippen LogP contribution in [0.1, 0.15) is 5.56 Å². The minimum Gasteiger partial charge on any atom is -0.391 e. The predicted molar refractivity (Wildman–Crippen MR) is 62.8 cm³/mol. The van der Waals surface area contributed by atoms with Gasteiger partial charge in [-0.25, -0.2) is 0 Å². The van der Waals surface area contributed by atoms with Gasteiger partial charge in [-0.3, -0.25) is 0 Å². The second-order valence-corrected chi connectivity index (χ2v) is 4.97. The molecule has 1 aromatic carbocycles. The first kappa shape index (κ1) is 8.91. The van der Waals surface area contributed by atoms with Gasteiger partial charge in [0.2, 0.25) is 0 Å². The van der Waals surface area contributed by atoms with Crippen LogP contribution in [0.3, 0.4) is 0 Å².